The highest BCUT2D eigenvalue weighted by atomic mass is 32.2. The Balaban J connectivity index is 1.83. The minimum Gasteiger partial charge on any atom is -0.330 e. The second-order valence-electron chi connectivity index (χ2n) is 6.30. The van der Waals surface area contributed by atoms with Crippen LogP contribution in [0.15, 0.2) is 59.5 Å². The van der Waals surface area contributed by atoms with Crippen molar-refractivity contribution in [3.8, 4) is 0 Å². The molecule has 0 aliphatic carbocycles. The first kappa shape index (κ1) is 17.1. The molecule has 128 valence electrons. The maximum atomic E-state index is 13.0. The molecule has 0 spiro atoms. The molecule has 0 saturated carbocycles. The van der Waals surface area contributed by atoms with E-state index in [0.717, 1.165) is 18.4 Å². The lowest BCUT2D eigenvalue weighted by molar-refractivity contribution is 0.315. The molecule has 0 aromatic heterocycles. The molecular formula is C19H24N2O2S. The van der Waals surface area contributed by atoms with Crippen LogP contribution in [0, 0.1) is 0 Å². The average Bonchev–Trinajstić information content (AvgIpc) is 2.63. The van der Waals surface area contributed by atoms with Crippen LogP contribution in [-0.2, 0) is 16.4 Å². The summed E-state index contributed by atoms with van der Waals surface area (Å²) in [6.07, 6.45) is 2.61. The highest BCUT2D eigenvalue weighted by Crippen LogP contribution is 2.30. The third-order valence-corrected chi connectivity index (χ3v) is 6.49. The van der Waals surface area contributed by atoms with E-state index >= 15 is 0 Å². The summed E-state index contributed by atoms with van der Waals surface area (Å²) < 4.78 is 27.7. The zero-order valence-electron chi connectivity index (χ0n) is 13.8. The Morgan fingerprint density at radius 2 is 1.88 bits per heavy atom. The first-order chi connectivity index (χ1) is 11.6. The van der Waals surface area contributed by atoms with E-state index in [2.05, 4.69) is 12.1 Å². The van der Waals surface area contributed by atoms with Gasteiger partial charge >= 0.3 is 0 Å². The standard InChI is InChI=1S/C19H24N2O2S/c20-12-11-16-6-4-10-19(14-16)24(22,23)21-13-5-9-18(15-21)17-7-2-1-3-8-17/h1-4,6-8,10,14,18H,5,9,11-13,15,20H2/t18-/m1/s1. The number of benzene rings is 2. The lowest BCUT2D eigenvalue weighted by Crippen LogP contribution is -2.39. The molecule has 1 aliphatic rings. The molecule has 24 heavy (non-hydrogen) atoms. The molecule has 1 fully saturated rings. The highest BCUT2D eigenvalue weighted by molar-refractivity contribution is 7.89. The van der Waals surface area contributed by atoms with Crippen LogP contribution in [-0.4, -0.2) is 32.4 Å². The van der Waals surface area contributed by atoms with Gasteiger partial charge in [-0.25, -0.2) is 8.42 Å². The minimum absolute atomic E-state index is 0.266. The molecule has 0 unspecified atom stereocenters. The lowest BCUT2D eigenvalue weighted by atomic mass is 9.92. The molecule has 5 heteroatoms. The van der Waals surface area contributed by atoms with Gasteiger partial charge < -0.3 is 5.73 Å². The largest absolute Gasteiger partial charge is 0.330 e. The summed E-state index contributed by atoms with van der Waals surface area (Å²) in [5.41, 5.74) is 7.77. The van der Waals surface area contributed by atoms with Crippen LogP contribution in [0.3, 0.4) is 0 Å². The van der Waals surface area contributed by atoms with Crippen molar-refractivity contribution in [3.63, 3.8) is 0 Å². The topological polar surface area (TPSA) is 63.4 Å². The van der Waals surface area contributed by atoms with Crippen molar-refractivity contribution in [2.45, 2.75) is 30.1 Å². The van der Waals surface area contributed by atoms with Gasteiger partial charge in [0, 0.05) is 13.1 Å². The molecule has 3 rings (SSSR count). The summed E-state index contributed by atoms with van der Waals surface area (Å²) in [7, 11) is -3.45. The van der Waals surface area contributed by atoms with E-state index in [1.54, 1.807) is 22.5 Å². The summed E-state index contributed by atoms with van der Waals surface area (Å²) in [5, 5.41) is 0. The summed E-state index contributed by atoms with van der Waals surface area (Å²) >= 11 is 0. The summed E-state index contributed by atoms with van der Waals surface area (Å²) in [5.74, 6) is 0.266. The van der Waals surface area contributed by atoms with Crippen LogP contribution < -0.4 is 5.73 Å². The summed E-state index contributed by atoms with van der Waals surface area (Å²) in [6, 6.07) is 17.4. The predicted octanol–water partition coefficient (Wildman–Crippen LogP) is 2.76. The summed E-state index contributed by atoms with van der Waals surface area (Å²) in [6.45, 7) is 1.66. The van der Waals surface area contributed by atoms with Crippen LogP contribution >= 0.6 is 0 Å². The molecule has 0 amide bonds. The molecular weight excluding hydrogens is 320 g/mol. The number of hydrogen-bond acceptors (Lipinski definition) is 3. The van der Waals surface area contributed by atoms with Crippen molar-refractivity contribution in [2.75, 3.05) is 19.6 Å². The van der Waals surface area contributed by atoms with Gasteiger partial charge in [0.2, 0.25) is 10.0 Å². The SMILES string of the molecule is NCCc1cccc(S(=O)(=O)N2CCC[C@@H](c3ccccc3)C2)c1. The van der Waals surface area contributed by atoms with Crippen molar-refractivity contribution >= 4 is 10.0 Å². The Morgan fingerprint density at radius 1 is 1.08 bits per heavy atom. The van der Waals surface area contributed by atoms with Gasteiger partial charge in [-0.3, -0.25) is 0 Å². The first-order valence-electron chi connectivity index (χ1n) is 8.45. The van der Waals surface area contributed by atoms with Crippen LogP contribution in [0.5, 0.6) is 0 Å². The molecule has 2 N–H and O–H groups in total. The maximum absolute atomic E-state index is 13.0. The van der Waals surface area contributed by atoms with Crippen molar-refractivity contribution in [1.29, 1.82) is 0 Å². The second kappa shape index (κ2) is 7.47. The number of sulfonamides is 1. The highest BCUT2D eigenvalue weighted by Gasteiger charge is 2.30. The van der Waals surface area contributed by atoms with Crippen LogP contribution in [0.4, 0.5) is 0 Å². The van der Waals surface area contributed by atoms with Crippen LogP contribution in [0.1, 0.15) is 29.9 Å². The zero-order chi connectivity index (χ0) is 17.0. The van der Waals surface area contributed by atoms with Gasteiger partial charge in [0.05, 0.1) is 4.90 Å². The van der Waals surface area contributed by atoms with Gasteiger partial charge in [-0.15, -0.1) is 0 Å². The Morgan fingerprint density at radius 3 is 2.62 bits per heavy atom. The smallest absolute Gasteiger partial charge is 0.243 e. The van der Waals surface area contributed by atoms with Gasteiger partial charge in [-0.1, -0.05) is 42.5 Å². The van der Waals surface area contributed by atoms with E-state index < -0.39 is 10.0 Å². The van der Waals surface area contributed by atoms with Gasteiger partial charge in [0.15, 0.2) is 0 Å². The number of hydrogen-bond donors (Lipinski definition) is 1. The first-order valence-corrected chi connectivity index (χ1v) is 9.89. The number of rotatable bonds is 5. The van der Waals surface area contributed by atoms with Crippen LogP contribution in [0.2, 0.25) is 0 Å². The quantitative estimate of drug-likeness (QED) is 0.907. The van der Waals surface area contributed by atoms with Gasteiger partial charge in [0.25, 0.3) is 0 Å². The molecule has 1 heterocycles. The van der Waals surface area contributed by atoms with Gasteiger partial charge in [0.1, 0.15) is 0 Å². The van der Waals surface area contributed by atoms with E-state index in [1.807, 2.05) is 24.3 Å². The fraction of sp³-hybridized carbons (Fsp3) is 0.368. The fourth-order valence-corrected chi connectivity index (χ4v) is 4.93. The molecule has 2 aromatic rings. The van der Waals surface area contributed by atoms with E-state index in [-0.39, 0.29) is 5.92 Å². The Kier molecular flexibility index (Phi) is 5.33. The third-order valence-electron chi connectivity index (χ3n) is 4.62. The predicted molar refractivity (Wildman–Crippen MR) is 96.4 cm³/mol. The van der Waals surface area contributed by atoms with E-state index in [4.69, 9.17) is 5.73 Å². The van der Waals surface area contributed by atoms with Crippen molar-refractivity contribution in [2.24, 2.45) is 5.73 Å². The van der Waals surface area contributed by atoms with E-state index in [0.29, 0.717) is 31.0 Å². The second-order valence-corrected chi connectivity index (χ2v) is 8.24. The third kappa shape index (κ3) is 3.69. The average molecular weight is 344 g/mol. The molecule has 0 radical (unpaired) electrons. The number of piperidine rings is 1. The maximum Gasteiger partial charge on any atom is 0.243 e. The Bertz CT molecular complexity index is 775. The van der Waals surface area contributed by atoms with Gasteiger partial charge in [-0.2, -0.15) is 4.31 Å². The van der Waals surface area contributed by atoms with Gasteiger partial charge in [-0.05, 0) is 55.0 Å². The molecule has 1 saturated heterocycles. The molecule has 0 bridgehead atoms. The minimum atomic E-state index is -3.45. The molecule has 4 nitrogen and oxygen atoms in total. The molecule has 1 atom stereocenters. The zero-order valence-corrected chi connectivity index (χ0v) is 14.6. The van der Waals surface area contributed by atoms with Crippen molar-refractivity contribution < 1.29 is 8.42 Å². The Labute approximate surface area is 144 Å². The number of nitrogens with zero attached hydrogens (tertiary/aromatic N) is 1. The van der Waals surface area contributed by atoms with Crippen LogP contribution in [0.25, 0.3) is 0 Å². The molecule has 2 aromatic carbocycles. The fourth-order valence-electron chi connectivity index (χ4n) is 3.34. The summed E-state index contributed by atoms with van der Waals surface area (Å²) in [4.78, 5) is 0.377. The molecule has 1 aliphatic heterocycles. The van der Waals surface area contributed by atoms with Crippen molar-refractivity contribution in [1.82, 2.24) is 4.31 Å². The van der Waals surface area contributed by atoms with Crippen molar-refractivity contribution in [3.05, 3.63) is 65.7 Å². The monoisotopic (exact) mass is 344 g/mol. The van der Waals surface area contributed by atoms with E-state index in [1.165, 1.54) is 5.56 Å². The number of nitrogens with two attached hydrogens (primary N) is 1. The normalized spacial score (nSPS) is 19.3. The van der Waals surface area contributed by atoms with E-state index in [9.17, 15) is 8.42 Å². The lowest BCUT2D eigenvalue weighted by Gasteiger charge is -2.32. The Hall–Kier alpha value is -1.69.